The number of aryl methyl sites for hydroxylation is 4. The number of rotatable bonds is 4. The minimum atomic E-state index is 0.483. The highest BCUT2D eigenvalue weighted by Gasteiger charge is 2.42. The van der Waals surface area contributed by atoms with E-state index < -0.39 is 0 Å². The summed E-state index contributed by atoms with van der Waals surface area (Å²) >= 11 is 1.84. The van der Waals surface area contributed by atoms with E-state index in [1.165, 1.54) is 9.88 Å². The van der Waals surface area contributed by atoms with Crippen molar-refractivity contribution in [2.75, 3.05) is 0 Å². The van der Waals surface area contributed by atoms with Gasteiger partial charge < -0.3 is 0 Å². The summed E-state index contributed by atoms with van der Waals surface area (Å²) in [6.07, 6.45) is 4.20. The van der Waals surface area contributed by atoms with E-state index in [0.29, 0.717) is 11.8 Å². The average Bonchev–Trinajstić information content (AvgIpc) is 2.98. The smallest absolute Gasteiger partial charge is 0.180 e. The van der Waals surface area contributed by atoms with Gasteiger partial charge >= 0.3 is 0 Å². The van der Waals surface area contributed by atoms with E-state index in [1.54, 1.807) is 4.52 Å². The van der Waals surface area contributed by atoms with Gasteiger partial charge in [0.05, 0.1) is 16.4 Å². The summed E-state index contributed by atoms with van der Waals surface area (Å²) in [7, 11) is 1.98. The van der Waals surface area contributed by atoms with E-state index in [2.05, 4.69) is 34.2 Å². The molecular weight excluding hydrogens is 358 g/mol. The predicted octanol–water partition coefficient (Wildman–Crippen LogP) is 3.43. The summed E-state index contributed by atoms with van der Waals surface area (Å²) in [4.78, 5) is 5.89. The molecule has 0 aromatic carbocycles. The van der Waals surface area contributed by atoms with Gasteiger partial charge in [-0.15, -0.1) is 21.5 Å². The van der Waals surface area contributed by atoms with Crippen molar-refractivity contribution in [1.29, 1.82) is 0 Å². The largest absolute Gasteiger partial charge is 0.266 e. The minimum absolute atomic E-state index is 0.483. The predicted molar refractivity (Wildman–Crippen MR) is 104 cm³/mol. The fourth-order valence-electron chi connectivity index (χ4n) is 3.66. The molecule has 1 aliphatic carbocycles. The van der Waals surface area contributed by atoms with Gasteiger partial charge in [-0.2, -0.15) is 14.7 Å². The molecule has 0 bridgehead atoms. The molecule has 4 aromatic rings. The summed E-state index contributed by atoms with van der Waals surface area (Å²) in [5.74, 6) is 1.83. The maximum absolute atomic E-state index is 4.79. The quantitative estimate of drug-likeness (QED) is 0.543. The molecule has 1 fully saturated rings. The number of hydrogen-bond acceptors (Lipinski definition) is 6. The van der Waals surface area contributed by atoms with Gasteiger partial charge in [0.2, 0.25) is 0 Å². The molecule has 0 aliphatic heterocycles. The van der Waals surface area contributed by atoms with Crippen molar-refractivity contribution in [3.63, 3.8) is 0 Å². The van der Waals surface area contributed by atoms with Crippen LogP contribution in [0.2, 0.25) is 0 Å². The zero-order valence-electron chi connectivity index (χ0n) is 15.8. The number of hydrogen-bond donors (Lipinski definition) is 0. The molecule has 2 unspecified atom stereocenters. The normalized spacial score (nSPS) is 19.1. The Balaban J connectivity index is 1.48. The van der Waals surface area contributed by atoms with Crippen LogP contribution in [0.5, 0.6) is 0 Å². The number of fused-ring (bicyclic) bond motifs is 1. The second kappa shape index (κ2) is 5.95. The third kappa shape index (κ3) is 2.66. The first kappa shape index (κ1) is 16.6. The van der Waals surface area contributed by atoms with Gasteiger partial charge in [0.15, 0.2) is 11.5 Å². The summed E-state index contributed by atoms with van der Waals surface area (Å²) in [6.45, 7) is 6.11. The van der Waals surface area contributed by atoms with E-state index >= 15 is 0 Å². The Labute approximate surface area is 161 Å². The van der Waals surface area contributed by atoms with Gasteiger partial charge in [-0.05, 0) is 44.4 Å². The SMILES string of the molecule is CCc1ncc(C2CC2c2cc(-c3cc(C)c4nnc(C)n4n3)n(C)n2)s1. The second-order valence-corrected chi connectivity index (χ2v) is 8.38. The molecule has 1 aliphatic rings. The highest BCUT2D eigenvalue weighted by molar-refractivity contribution is 7.11. The first-order valence-corrected chi connectivity index (χ1v) is 10.1. The highest BCUT2D eigenvalue weighted by Crippen LogP contribution is 2.55. The molecule has 5 rings (SSSR count). The Bertz CT molecular complexity index is 1150. The van der Waals surface area contributed by atoms with Gasteiger partial charge in [0.25, 0.3) is 0 Å². The summed E-state index contributed by atoms with van der Waals surface area (Å²) in [5, 5.41) is 19.1. The monoisotopic (exact) mass is 379 g/mol. The van der Waals surface area contributed by atoms with Crippen LogP contribution in [0.25, 0.3) is 17.0 Å². The van der Waals surface area contributed by atoms with Gasteiger partial charge in [-0.1, -0.05) is 6.92 Å². The van der Waals surface area contributed by atoms with Crippen LogP contribution in [0.3, 0.4) is 0 Å². The van der Waals surface area contributed by atoms with E-state index in [1.807, 2.05) is 43.1 Å². The lowest BCUT2D eigenvalue weighted by Crippen LogP contribution is -2.02. The van der Waals surface area contributed by atoms with Gasteiger partial charge in [0.1, 0.15) is 5.69 Å². The van der Waals surface area contributed by atoms with E-state index in [-0.39, 0.29) is 0 Å². The molecular formula is C19H21N7S. The molecule has 0 amide bonds. The van der Waals surface area contributed by atoms with Crippen LogP contribution in [0.4, 0.5) is 0 Å². The van der Waals surface area contributed by atoms with Gasteiger partial charge in [0, 0.05) is 30.0 Å². The molecule has 0 N–H and O–H groups in total. The Kier molecular flexibility index (Phi) is 3.65. The third-order valence-electron chi connectivity index (χ3n) is 5.28. The van der Waals surface area contributed by atoms with Crippen LogP contribution >= 0.6 is 11.3 Å². The fraction of sp³-hybridized carbons (Fsp3) is 0.421. The van der Waals surface area contributed by atoms with Crippen molar-refractivity contribution in [3.05, 3.63) is 45.3 Å². The van der Waals surface area contributed by atoms with Crippen molar-refractivity contribution in [1.82, 2.24) is 34.6 Å². The summed E-state index contributed by atoms with van der Waals surface area (Å²) in [6, 6.07) is 4.24. The van der Waals surface area contributed by atoms with Crippen molar-refractivity contribution < 1.29 is 0 Å². The van der Waals surface area contributed by atoms with Crippen LogP contribution in [0, 0.1) is 13.8 Å². The van der Waals surface area contributed by atoms with Crippen LogP contribution < -0.4 is 0 Å². The lowest BCUT2D eigenvalue weighted by molar-refractivity contribution is 0.742. The van der Waals surface area contributed by atoms with Crippen LogP contribution in [-0.4, -0.2) is 34.6 Å². The standard InChI is InChI=1S/C19H21N7S/c1-5-18-20-9-17(27-18)13-7-12(13)14-8-16(25(4)23-14)15-6-10(2)19-22-21-11(3)26(19)24-15/h6,8-9,12-13H,5,7H2,1-4H3. The average molecular weight is 379 g/mol. The topological polar surface area (TPSA) is 73.8 Å². The number of aromatic nitrogens is 7. The molecule has 7 nitrogen and oxygen atoms in total. The first-order chi connectivity index (χ1) is 13.0. The number of nitrogens with zero attached hydrogens (tertiary/aromatic N) is 7. The molecule has 2 atom stereocenters. The Morgan fingerprint density at radius 1 is 1.15 bits per heavy atom. The van der Waals surface area contributed by atoms with Crippen molar-refractivity contribution in [3.8, 4) is 11.4 Å². The molecule has 0 saturated heterocycles. The third-order valence-corrected chi connectivity index (χ3v) is 6.55. The molecule has 1 saturated carbocycles. The molecule has 4 aromatic heterocycles. The molecule has 0 radical (unpaired) electrons. The van der Waals surface area contributed by atoms with Crippen LogP contribution in [0.1, 0.15) is 52.1 Å². The van der Waals surface area contributed by atoms with E-state index in [0.717, 1.165) is 47.0 Å². The zero-order chi connectivity index (χ0) is 18.7. The maximum Gasteiger partial charge on any atom is 0.180 e. The fourth-order valence-corrected chi connectivity index (χ4v) is 4.70. The zero-order valence-corrected chi connectivity index (χ0v) is 16.7. The highest BCUT2D eigenvalue weighted by atomic mass is 32.1. The molecule has 138 valence electrons. The van der Waals surface area contributed by atoms with Crippen molar-refractivity contribution in [2.45, 2.75) is 45.4 Å². The Morgan fingerprint density at radius 3 is 2.78 bits per heavy atom. The minimum Gasteiger partial charge on any atom is -0.266 e. The van der Waals surface area contributed by atoms with Gasteiger partial charge in [-0.3, -0.25) is 4.68 Å². The van der Waals surface area contributed by atoms with Crippen molar-refractivity contribution in [2.24, 2.45) is 7.05 Å². The molecule has 27 heavy (non-hydrogen) atoms. The lowest BCUT2D eigenvalue weighted by atomic mass is 10.2. The van der Waals surface area contributed by atoms with Crippen molar-refractivity contribution >= 4 is 17.0 Å². The Morgan fingerprint density at radius 2 is 2.00 bits per heavy atom. The summed E-state index contributed by atoms with van der Waals surface area (Å²) in [5.41, 5.74) is 4.92. The van der Waals surface area contributed by atoms with Gasteiger partial charge in [-0.25, -0.2) is 4.98 Å². The van der Waals surface area contributed by atoms with E-state index in [4.69, 9.17) is 10.2 Å². The molecule has 4 heterocycles. The molecule has 0 spiro atoms. The maximum atomic E-state index is 4.79. The number of thiazole rings is 1. The molecule has 8 heteroatoms. The lowest BCUT2D eigenvalue weighted by Gasteiger charge is -2.04. The van der Waals surface area contributed by atoms with E-state index in [9.17, 15) is 0 Å². The van der Waals surface area contributed by atoms with Crippen LogP contribution in [0.15, 0.2) is 18.3 Å². The Hall–Kier alpha value is -2.61. The first-order valence-electron chi connectivity index (χ1n) is 9.23. The summed E-state index contributed by atoms with van der Waals surface area (Å²) < 4.78 is 3.74. The second-order valence-electron chi connectivity index (χ2n) is 7.23. The van der Waals surface area contributed by atoms with Crippen LogP contribution in [-0.2, 0) is 13.5 Å².